The lowest BCUT2D eigenvalue weighted by molar-refractivity contribution is 0.171. The maximum atomic E-state index is 11.9. The first-order valence-electron chi connectivity index (χ1n) is 6.22. The van der Waals surface area contributed by atoms with Gasteiger partial charge in [-0.15, -0.1) is 0 Å². The summed E-state index contributed by atoms with van der Waals surface area (Å²) in [6.45, 7) is 7.12. The molecular formula is C12H24N2O. The summed E-state index contributed by atoms with van der Waals surface area (Å²) in [6.07, 6.45) is 5.93. The van der Waals surface area contributed by atoms with Crippen molar-refractivity contribution < 1.29 is 4.79 Å². The first kappa shape index (κ1) is 12.3. The first-order chi connectivity index (χ1) is 7.15. The van der Waals surface area contributed by atoms with Gasteiger partial charge in [0.2, 0.25) is 0 Å². The summed E-state index contributed by atoms with van der Waals surface area (Å²) >= 11 is 0. The largest absolute Gasteiger partial charge is 0.336 e. The van der Waals surface area contributed by atoms with E-state index in [0.29, 0.717) is 6.04 Å². The predicted octanol–water partition coefficient (Wildman–Crippen LogP) is 2.76. The van der Waals surface area contributed by atoms with E-state index in [9.17, 15) is 4.79 Å². The van der Waals surface area contributed by atoms with Gasteiger partial charge in [0.15, 0.2) is 0 Å². The van der Waals surface area contributed by atoms with Gasteiger partial charge < -0.3 is 10.2 Å². The van der Waals surface area contributed by atoms with Crippen LogP contribution in [0.15, 0.2) is 0 Å². The van der Waals surface area contributed by atoms with E-state index in [1.54, 1.807) is 0 Å². The Morgan fingerprint density at radius 2 is 2.13 bits per heavy atom. The van der Waals surface area contributed by atoms with Gasteiger partial charge in [-0.3, -0.25) is 0 Å². The fourth-order valence-corrected chi connectivity index (χ4v) is 2.20. The van der Waals surface area contributed by atoms with Crippen LogP contribution in [0.1, 0.15) is 52.9 Å². The second-order valence-corrected chi connectivity index (χ2v) is 4.71. The molecule has 0 aromatic carbocycles. The van der Waals surface area contributed by atoms with Crippen LogP contribution in [-0.2, 0) is 0 Å². The van der Waals surface area contributed by atoms with Crippen molar-refractivity contribution in [3.63, 3.8) is 0 Å². The van der Waals surface area contributed by atoms with Crippen LogP contribution in [0.25, 0.3) is 0 Å². The van der Waals surface area contributed by atoms with Gasteiger partial charge in [-0.1, -0.05) is 19.8 Å². The van der Waals surface area contributed by atoms with Crippen LogP contribution < -0.4 is 5.32 Å². The van der Waals surface area contributed by atoms with Gasteiger partial charge >= 0.3 is 6.03 Å². The Hall–Kier alpha value is -0.730. The third-order valence-corrected chi connectivity index (χ3v) is 3.02. The van der Waals surface area contributed by atoms with Crippen LogP contribution in [-0.4, -0.2) is 29.6 Å². The Labute approximate surface area is 93.2 Å². The lowest BCUT2D eigenvalue weighted by Crippen LogP contribution is -2.47. The van der Waals surface area contributed by atoms with Crippen LogP contribution >= 0.6 is 0 Å². The van der Waals surface area contributed by atoms with Crippen LogP contribution in [0.3, 0.4) is 0 Å². The zero-order valence-corrected chi connectivity index (χ0v) is 10.3. The molecule has 1 rings (SSSR count). The lowest BCUT2D eigenvalue weighted by Gasteiger charge is -2.30. The molecule has 3 nitrogen and oxygen atoms in total. The number of likely N-dealkylation sites (tertiary alicyclic amines) is 1. The lowest BCUT2D eigenvalue weighted by atomic mass is 10.1. The third kappa shape index (κ3) is 3.73. The average molecular weight is 212 g/mol. The summed E-state index contributed by atoms with van der Waals surface area (Å²) in [5.41, 5.74) is 0. The minimum atomic E-state index is 0.124. The fourth-order valence-electron chi connectivity index (χ4n) is 2.20. The molecular weight excluding hydrogens is 188 g/mol. The number of carbonyl (C=O) groups excluding carboxylic acids is 1. The molecule has 1 atom stereocenters. The van der Waals surface area contributed by atoms with Crippen LogP contribution in [0, 0.1) is 0 Å². The van der Waals surface area contributed by atoms with Crippen molar-refractivity contribution in [1.82, 2.24) is 10.2 Å². The Morgan fingerprint density at radius 1 is 1.40 bits per heavy atom. The molecule has 88 valence electrons. The summed E-state index contributed by atoms with van der Waals surface area (Å²) in [6, 6.07) is 0.809. The highest BCUT2D eigenvalue weighted by Crippen LogP contribution is 2.19. The monoisotopic (exact) mass is 212 g/mol. The molecule has 1 N–H and O–H groups in total. The number of nitrogens with zero attached hydrogens (tertiary/aromatic N) is 1. The second kappa shape index (κ2) is 5.99. The van der Waals surface area contributed by atoms with Gasteiger partial charge in [-0.05, 0) is 33.1 Å². The molecule has 1 unspecified atom stereocenters. The van der Waals surface area contributed by atoms with E-state index in [1.807, 2.05) is 18.7 Å². The van der Waals surface area contributed by atoms with E-state index >= 15 is 0 Å². The van der Waals surface area contributed by atoms with Crippen molar-refractivity contribution in [3.8, 4) is 0 Å². The quantitative estimate of drug-likeness (QED) is 0.750. The molecule has 15 heavy (non-hydrogen) atoms. The van der Waals surface area contributed by atoms with Gasteiger partial charge in [-0.25, -0.2) is 4.79 Å². The molecule has 1 saturated heterocycles. The van der Waals surface area contributed by atoms with E-state index in [-0.39, 0.29) is 12.1 Å². The average Bonchev–Trinajstić information content (AvgIpc) is 2.40. The molecule has 2 amide bonds. The van der Waals surface area contributed by atoms with Crippen LogP contribution in [0.5, 0.6) is 0 Å². The topological polar surface area (TPSA) is 32.3 Å². The highest BCUT2D eigenvalue weighted by atomic mass is 16.2. The normalized spacial score (nSPS) is 22.7. The van der Waals surface area contributed by atoms with Crippen molar-refractivity contribution in [1.29, 1.82) is 0 Å². The predicted molar refractivity (Wildman–Crippen MR) is 62.9 cm³/mol. The van der Waals surface area contributed by atoms with E-state index in [2.05, 4.69) is 12.2 Å². The van der Waals surface area contributed by atoms with Crippen molar-refractivity contribution in [2.45, 2.75) is 65.0 Å². The number of hydrogen-bond acceptors (Lipinski definition) is 1. The highest BCUT2D eigenvalue weighted by Gasteiger charge is 2.23. The Kier molecular flexibility index (Phi) is 4.92. The highest BCUT2D eigenvalue weighted by molar-refractivity contribution is 5.74. The molecule has 1 fully saturated rings. The fraction of sp³-hybridized carbons (Fsp3) is 0.917. The number of amides is 2. The molecule has 0 saturated carbocycles. The number of nitrogens with one attached hydrogen (secondary N) is 1. The third-order valence-electron chi connectivity index (χ3n) is 3.02. The summed E-state index contributed by atoms with van der Waals surface area (Å²) < 4.78 is 0. The minimum Gasteiger partial charge on any atom is -0.336 e. The van der Waals surface area contributed by atoms with Gasteiger partial charge in [0.25, 0.3) is 0 Å². The Bertz CT molecular complexity index is 204. The molecule has 0 aliphatic carbocycles. The summed E-state index contributed by atoms with van der Waals surface area (Å²) in [5, 5.41) is 2.99. The summed E-state index contributed by atoms with van der Waals surface area (Å²) in [5.74, 6) is 0. The van der Waals surface area contributed by atoms with E-state index in [4.69, 9.17) is 0 Å². The maximum Gasteiger partial charge on any atom is 0.317 e. The number of rotatable bonds is 2. The van der Waals surface area contributed by atoms with Gasteiger partial charge in [0.05, 0.1) is 0 Å². The molecule has 0 aromatic heterocycles. The number of carbonyl (C=O) groups is 1. The first-order valence-corrected chi connectivity index (χ1v) is 6.22. The van der Waals surface area contributed by atoms with Gasteiger partial charge in [0, 0.05) is 18.6 Å². The van der Waals surface area contributed by atoms with Crippen molar-refractivity contribution >= 4 is 6.03 Å². The standard InChI is InChI=1S/C12H24N2O/c1-4-11-8-6-5-7-9-14(11)12(15)13-10(2)3/h10-11H,4-9H2,1-3H3,(H,13,15). The molecule has 0 bridgehead atoms. The van der Waals surface area contributed by atoms with Gasteiger partial charge in [0.1, 0.15) is 0 Å². The van der Waals surface area contributed by atoms with Crippen LogP contribution in [0.4, 0.5) is 4.79 Å². The zero-order valence-electron chi connectivity index (χ0n) is 10.3. The Balaban J connectivity index is 2.57. The molecule has 1 aliphatic heterocycles. The van der Waals surface area contributed by atoms with E-state index in [0.717, 1.165) is 19.4 Å². The Morgan fingerprint density at radius 3 is 2.73 bits per heavy atom. The van der Waals surface area contributed by atoms with Crippen molar-refractivity contribution in [3.05, 3.63) is 0 Å². The van der Waals surface area contributed by atoms with Crippen molar-refractivity contribution in [2.24, 2.45) is 0 Å². The van der Waals surface area contributed by atoms with Crippen molar-refractivity contribution in [2.75, 3.05) is 6.54 Å². The van der Waals surface area contributed by atoms with E-state index in [1.165, 1.54) is 19.3 Å². The number of hydrogen-bond donors (Lipinski definition) is 1. The number of urea groups is 1. The molecule has 1 aliphatic rings. The molecule has 0 radical (unpaired) electrons. The second-order valence-electron chi connectivity index (χ2n) is 4.71. The van der Waals surface area contributed by atoms with Gasteiger partial charge in [-0.2, -0.15) is 0 Å². The van der Waals surface area contributed by atoms with E-state index < -0.39 is 0 Å². The molecule has 3 heteroatoms. The summed E-state index contributed by atoms with van der Waals surface area (Å²) in [4.78, 5) is 14.0. The molecule has 0 spiro atoms. The summed E-state index contributed by atoms with van der Waals surface area (Å²) in [7, 11) is 0. The molecule has 1 heterocycles. The maximum absolute atomic E-state index is 11.9. The minimum absolute atomic E-state index is 0.124. The SMILES string of the molecule is CCC1CCCCCN1C(=O)NC(C)C. The van der Waals surface area contributed by atoms with Crippen LogP contribution in [0.2, 0.25) is 0 Å². The zero-order chi connectivity index (χ0) is 11.3. The molecule has 0 aromatic rings. The smallest absolute Gasteiger partial charge is 0.317 e.